The molecule has 0 saturated heterocycles. The molecule has 1 aromatic carbocycles. The molecule has 0 aliphatic rings. The highest BCUT2D eigenvalue weighted by atomic mass is 35.5. The fourth-order valence-electron chi connectivity index (χ4n) is 2.09. The van der Waals surface area contributed by atoms with Crippen LogP contribution in [-0.4, -0.2) is 4.98 Å². The minimum absolute atomic E-state index is 0.447. The highest BCUT2D eigenvalue weighted by Gasteiger charge is 2.13. The first-order valence-corrected chi connectivity index (χ1v) is 5.91. The second-order valence-electron chi connectivity index (χ2n) is 4.16. The Balaban J connectivity index is 3.08. The van der Waals surface area contributed by atoms with Crippen molar-refractivity contribution >= 4 is 34.0 Å². The third-order valence-electron chi connectivity index (χ3n) is 3.41. The monoisotopic (exact) mass is 253 g/mol. The number of fused-ring (bicyclic) bond motifs is 1. The minimum atomic E-state index is 0.447. The Morgan fingerprint density at radius 3 is 2.06 bits per heavy atom. The molecule has 0 saturated carbocycles. The summed E-state index contributed by atoms with van der Waals surface area (Å²) in [4.78, 5) is 4.11. The number of benzene rings is 1. The summed E-state index contributed by atoms with van der Waals surface area (Å²) in [5.41, 5.74) is 4.98. The zero-order valence-electron chi connectivity index (χ0n) is 9.78. The van der Waals surface area contributed by atoms with E-state index in [1.54, 1.807) is 0 Å². The van der Waals surface area contributed by atoms with Gasteiger partial charge in [-0.15, -0.1) is 0 Å². The molecule has 0 bridgehead atoms. The van der Waals surface area contributed by atoms with E-state index in [0.717, 1.165) is 10.8 Å². The van der Waals surface area contributed by atoms with Gasteiger partial charge >= 0.3 is 0 Å². The number of hydrogen-bond acceptors (Lipinski definition) is 1. The van der Waals surface area contributed by atoms with Crippen LogP contribution in [0.25, 0.3) is 10.8 Å². The van der Waals surface area contributed by atoms with Gasteiger partial charge in [0.1, 0.15) is 10.3 Å². The van der Waals surface area contributed by atoms with Crippen LogP contribution in [0.3, 0.4) is 0 Å². The minimum Gasteiger partial charge on any atom is -0.224 e. The van der Waals surface area contributed by atoms with Crippen LogP contribution in [0.4, 0.5) is 0 Å². The summed E-state index contributed by atoms with van der Waals surface area (Å²) < 4.78 is 0. The maximum atomic E-state index is 6.17. The molecular weight excluding hydrogens is 241 g/mol. The van der Waals surface area contributed by atoms with E-state index in [9.17, 15) is 0 Å². The maximum absolute atomic E-state index is 6.17. The van der Waals surface area contributed by atoms with Gasteiger partial charge in [-0.25, -0.2) is 4.98 Å². The summed E-state index contributed by atoms with van der Waals surface area (Å²) >= 11 is 12.1. The first-order chi connectivity index (χ1) is 7.43. The molecule has 0 aliphatic heterocycles. The summed E-state index contributed by atoms with van der Waals surface area (Å²) in [5, 5.41) is 3.06. The number of aryl methyl sites for hydroxylation is 2. The second kappa shape index (κ2) is 3.90. The van der Waals surface area contributed by atoms with E-state index in [1.165, 1.54) is 22.3 Å². The first-order valence-electron chi connectivity index (χ1n) is 5.15. The van der Waals surface area contributed by atoms with Crippen LogP contribution in [0.2, 0.25) is 10.3 Å². The van der Waals surface area contributed by atoms with Gasteiger partial charge in [-0.1, -0.05) is 23.2 Å². The molecule has 1 nitrogen and oxygen atoms in total. The van der Waals surface area contributed by atoms with Crippen LogP contribution in [0.5, 0.6) is 0 Å². The summed E-state index contributed by atoms with van der Waals surface area (Å²) in [6.45, 7) is 8.41. The van der Waals surface area contributed by atoms with E-state index in [-0.39, 0.29) is 0 Å². The SMILES string of the molecule is Cc1c(C)c(C)c2c(Cl)nc(Cl)cc2c1C. The van der Waals surface area contributed by atoms with Crippen molar-refractivity contribution in [2.45, 2.75) is 27.7 Å². The molecule has 0 atom stereocenters. The van der Waals surface area contributed by atoms with E-state index in [4.69, 9.17) is 23.2 Å². The third kappa shape index (κ3) is 1.59. The van der Waals surface area contributed by atoms with Crippen LogP contribution < -0.4 is 0 Å². The van der Waals surface area contributed by atoms with E-state index >= 15 is 0 Å². The summed E-state index contributed by atoms with van der Waals surface area (Å²) in [7, 11) is 0. The van der Waals surface area contributed by atoms with Gasteiger partial charge in [0.15, 0.2) is 0 Å². The lowest BCUT2D eigenvalue weighted by Gasteiger charge is -2.14. The van der Waals surface area contributed by atoms with Gasteiger partial charge in [0, 0.05) is 5.39 Å². The van der Waals surface area contributed by atoms with Gasteiger partial charge in [-0.3, -0.25) is 0 Å². The Labute approximate surface area is 105 Å². The highest BCUT2D eigenvalue weighted by Crippen LogP contribution is 2.34. The zero-order chi connectivity index (χ0) is 12.0. The lowest BCUT2D eigenvalue weighted by Crippen LogP contribution is -1.95. The molecule has 0 spiro atoms. The van der Waals surface area contributed by atoms with E-state index < -0.39 is 0 Å². The Morgan fingerprint density at radius 1 is 0.875 bits per heavy atom. The van der Waals surface area contributed by atoms with Crippen molar-refractivity contribution in [3.05, 3.63) is 38.6 Å². The van der Waals surface area contributed by atoms with Gasteiger partial charge in [0.2, 0.25) is 0 Å². The van der Waals surface area contributed by atoms with Crippen molar-refractivity contribution < 1.29 is 0 Å². The fourth-order valence-corrected chi connectivity index (χ4v) is 2.66. The molecule has 0 radical (unpaired) electrons. The van der Waals surface area contributed by atoms with Crippen molar-refractivity contribution in [1.29, 1.82) is 0 Å². The number of hydrogen-bond donors (Lipinski definition) is 0. The van der Waals surface area contributed by atoms with Crippen LogP contribution in [-0.2, 0) is 0 Å². The van der Waals surface area contributed by atoms with Gasteiger partial charge in [0.05, 0.1) is 0 Å². The molecule has 0 unspecified atom stereocenters. The van der Waals surface area contributed by atoms with Gasteiger partial charge < -0.3 is 0 Å². The Hall–Kier alpha value is -0.790. The molecular formula is C13H13Cl2N. The molecule has 84 valence electrons. The topological polar surface area (TPSA) is 12.9 Å². The largest absolute Gasteiger partial charge is 0.224 e. The van der Waals surface area contributed by atoms with Gasteiger partial charge in [0.25, 0.3) is 0 Å². The van der Waals surface area contributed by atoms with Crippen molar-refractivity contribution in [2.75, 3.05) is 0 Å². The molecule has 1 aromatic heterocycles. The van der Waals surface area contributed by atoms with Crippen LogP contribution >= 0.6 is 23.2 Å². The summed E-state index contributed by atoms with van der Waals surface area (Å²) in [5.74, 6) is 0. The zero-order valence-corrected chi connectivity index (χ0v) is 11.3. The second-order valence-corrected chi connectivity index (χ2v) is 4.90. The predicted molar refractivity (Wildman–Crippen MR) is 70.7 cm³/mol. The molecule has 0 aliphatic carbocycles. The van der Waals surface area contributed by atoms with E-state index in [0.29, 0.717) is 10.3 Å². The molecule has 2 rings (SSSR count). The molecule has 3 heteroatoms. The average Bonchev–Trinajstić information content (AvgIpc) is 2.22. The Kier molecular flexibility index (Phi) is 2.85. The Bertz CT molecular complexity index is 588. The summed E-state index contributed by atoms with van der Waals surface area (Å²) in [6.07, 6.45) is 0. The Morgan fingerprint density at radius 2 is 1.44 bits per heavy atom. The molecule has 0 amide bonds. The average molecular weight is 254 g/mol. The lowest BCUT2D eigenvalue weighted by molar-refractivity contribution is 1.24. The summed E-state index contributed by atoms with van der Waals surface area (Å²) in [6, 6.07) is 1.89. The van der Waals surface area contributed by atoms with Crippen molar-refractivity contribution in [1.82, 2.24) is 4.98 Å². The fraction of sp³-hybridized carbons (Fsp3) is 0.308. The standard InChI is InChI=1S/C13H13Cl2N/c1-6-7(2)9(4)12-10(8(6)3)5-11(14)16-13(12)15/h5H,1-4H3. The van der Waals surface area contributed by atoms with Crippen LogP contribution in [0.1, 0.15) is 22.3 Å². The van der Waals surface area contributed by atoms with Crippen LogP contribution in [0.15, 0.2) is 6.07 Å². The number of halogens is 2. The quantitative estimate of drug-likeness (QED) is 0.617. The van der Waals surface area contributed by atoms with Gasteiger partial charge in [-0.2, -0.15) is 0 Å². The van der Waals surface area contributed by atoms with Crippen molar-refractivity contribution in [2.24, 2.45) is 0 Å². The molecule has 2 aromatic rings. The third-order valence-corrected chi connectivity index (χ3v) is 3.88. The van der Waals surface area contributed by atoms with Gasteiger partial charge in [-0.05, 0) is 61.4 Å². The van der Waals surface area contributed by atoms with E-state index in [1.807, 2.05) is 6.07 Å². The number of rotatable bonds is 0. The predicted octanol–water partition coefficient (Wildman–Crippen LogP) is 4.78. The van der Waals surface area contributed by atoms with Crippen molar-refractivity contribution in [3.63, 3.8) is 0 Å². The number of aromatic nitrogens is 1. The molecule has 16 heavy (non-hydrogen) atoms. The lowest BCUT2D eigenvalue weighted by atomic mass is 9.93. The smallest absolute Gasteiger partial charge is 0.138 e. The highest BCUT2D eigenvalue weighted by molar-refractivity contribution is 6.37. The number of pyridine rings is 1. The molecule has 1 heterocycles. The van der Waals surface area contributed by atoms with E-state index in [2.05, 4.69) is 32.7 Å². The van der Waals surface area contributed by atoms with Crippen molar-refractivity contribution in [3.8, 4) is 0 Å². The number of nitrogens with zero attached hydrogens (tertiary/aromatic N) is 1. The molecule has 0 N–H and O–H groups in total. The maximum Gasteiger partial charge on any atom is 0.138 e. The van der Waals surface area contributed by atoms with Crippen LogP contribution in [0, 0.1) is 27.7 Å². The molecule has 0 fully saturated rings. The first kappa shape index (κ1) is 11.7. The normalized spacial score (nSPS) is 11.1.